The van der Waals surface area contributed by atoms with E-state index in [4.69, 9.17) is 0 Å². The molecule has 2 heteroatoms. The largest absolute Gasteiger partial charge is 0.283 e. The summed E-state index contributed by atoms with van der Waals surface area (Å²) in [5.74, 6) is 0. The second-order valence-electron chi connectivity index (χ2n) is 3.73. The van der Waals surface area contributed by atoms with Gasteiger partial charge in [-0.2, -0.15) is 0 Å². The Morgan fingerprint density at radius 3 is 2.81 bits per heavy atom. The number of hydrogen-bond donors (Lipinski definition) is 0. The highest BCUT2D eigenvalue weighted by Crippen LogP contribution is 2.31. The Hall–Kier alpha value is -1.02. The lowest BCUT2D eigenvalue weighted by atomic mass is 10.0. The van der Waals surface area contributed by atoms with Crippen molar-refractivity contribution in [3.63, 3.8) is 0 Å². The molecule has 0 atom stereocenters. The lowest BCUT2D eigenvalue weighted by molar-refractivity contribution is 0.834. The topological polar surface area (TPSA) is 12.4 Å². The third kappa shape index (κ3) is 3.86. The van der Waals surface area contributed by atoms with Crippen LogP contribution in [0.2, 0.25) is 0 Å². The molecule has 0 aliphatic carbocycles. The second kappa shape index (κ2) is 6.54. The smallest absolute Gasteiger partial charge is 0.0692 e. The van der Waals surface area contributed by atoms with E-state index in [2.05, 4.69) is 30.3 Å². The van der Waals surface area contributed by atoms with Crippen molar-refractivity contribution in [2.75, 3.05) is 6.54 Å². The zero-order chi connectivity index (χ0) is 12.0. The lowest BCUT2D eigenvalue weighted by Crippen LogP contribution is -1.91. The van der Waals surface area contributed by atoms with E-state index in [1.165, 1.54) is 5.57 Å². The van der Waals surface area contributed by atoms with Crippen LogP contribution in [0.1, 0.15) is 26.7 Å². The number of nitrogens with zero attached hydrogens (tertiary/aromatic N) is 1. The van der Waals surface area contributed by atoms with E-state index < -0.39 is 0 Å². The third-order valence-corrected chi connectivity index (χ3v) is 3.34. The fourth-order valence-corrected chi connectivity index (χ4v) is 2.27. The van der Waals surface area contributed by atoms with Gasteiger partial charge in [-0.25, -0.2) is 0 Å². The molecule has 0 aromatic rings. The van der Waals surface area contributed by atoms with Crippen molar-refractivity contribution in [2.24, 2.45) is 4.99 Å². The molecule has 0 saturated heterocycles. The Labute approximate surface area is 103 Å². The van der Waals surface area contributed by atoms with E-state index in [0.29, 0.717) is 0 Å². The van der Waals surface area contributed by atoms with Gasteiger partial charge in [0.05, 0.1) is 5.04 Å². The molecule has 0 amide bonds. The molecule has 1 heterocycles. The number of hydrogen-bond acceptors (Lipinski definition) is 2. The monoisotopic (exact) mass is 233 g/mol. The summed E-state index contributed by atoms with van der Waals surface area (Å²) in [7, 11) is 0. The van der Waals surface area contributed by atoms with Crippen molar-refractivity contribution in [1.29, 1.82) is 0 Å². The van der Waals surface area contributed by atoms with Crippen LogP contribution in [0.5, 0.6) is 0 Å². The molecule has 1 nitrogen and oxygen atoms in total. The fourth-order valence-electron chi connectivity index (χ4n) is 1.50. The van der Waals surface area contributed by atoms with Gasteiger partial charge < -0.3 is 0 Å². The summed E-state index contributed by atoms with van der Waals surface area (Å²) < 4.78 is 0. The standard InChI is InChI=1S/C14H19NS/c1-5-6-8-14-9-7-10-15-13(4)16-12(3)11(14)2/h5-6,8H,2-3,7,9-10H2,1,4H3/b6-5-,14-8-,15-13?. The third-order valence-electron chi connectivity index (χ3n) is 2.42. The minimum atomic E-state index is 0.895. The first-order valence-electron chi connectivity index (χ1n) is 5.54. The summed E-state index contributed by atoms with van der Waals surface area (Å²) in [6, 6.07) is 0. The molecule has 1 rings (SSSR count). The molecule has 0 aromatic heterocycles. The van der Waals surface area contributed by atoms with Gasteiger partial charge in [-0.1, -0.05) is 43.1 Å². The molecule has 0 N–H and O–H groups in total. The zero-order valence-electron chi connectivity index (χ0n) is 10.1. The maximum atomic E-state index is 4.48. The SMILES string of the molecule is C=C1SC(C)=NCCC/C(=C/C=C\C)C1=C. The molecule has 1 aliphatic heterocycles. The minimum Gasteiger partial charge on any atom is -0.283 e. The van der Waals surface area contributed by atoms with Crippen LogP contribution in [0.4, 0.5) is 0 Å². The first-order valence-corrected chi connectivity index (χ1v) is 6.36. The van der Waals surface area contributed by atoms with E-state index in [1.807, 2.05) is 19.9 Å². The van der Waals surface area contributed by atoms with E-state index in [9.17, 15) is 0 Å². The van der Waals surface area contributed by atoms with Gasteiger partial charge in [0.15, 0.2) is 0 Å². The molecule has 86 valence electrons. The predicted molar refractivity (Wildman–Crippen MR) is 76.0 cm³/mol. The average molecular weight is 233 g/mol. The van der Waals surface area contributed by atoms with Gasteiger partial charge >= 0.3 is 0 Å². The van der Waals surface area contributed by atoms with Crippen LogP contribution in [-0.4, -0.2) is 11.6 Å². The van der Waals surface area contributed by atoms with Crippen molar-refractivity contribution in [3.05, 3.63) is 47.4 Å². The first kappa shape index (κ1) is 13.0. The fraction of sp³-hybridized carbons (Fsp3) is 0.357. The van der Waals surface area contributed by atoms with Gasteiger partial charge in [0.25, 0.3) is 0 Å². The molecular formula is C14H19NS. The van der Waals surface area contributed by atoms with Gasteiger partial charge in [0, 0.05) is 11.4 Å². The second-order valence-corrected chi connectivity index (χ2v) is 5.01. The molecule has 0 unspecified atom stereocenters. The molecular weight excluding hydrogens is 214 g/mol. The number of thioether (sulfide) groups is 1. The van der Waals surface area contributed by atoms with Crippen LogP contribution in [0.25, 0.3) is 0 Å². The molecule has 0 bridgehead atoms. The van der Waals surface area contributed by atoms with Crippen molar-refractivity contribution in [1.82, 2.24) is 0 Å². The van der Waals surface area contributed by atoms with Gasteiger partial charge in [-0.05, 0) is 37.8 Å². The van der Waals surface area contributed by atoms with E-state index in [-0.39, 0.29) is 0 Å². The highest BCUT2D eigenvalue weighted by Gasteiger charge is 2.10. The van der Waals surface area contributed by atoms with E-state index in [1.54, 1.807) is 11.8 Å². The molecule has 0 radical (unpaired) electrons. The van der Waals surface area contributed by atoms with Crippen molar-refractivity contribution >= 4 is 16.8 Å². The lowest BCUT2D eigenvalue weighted by Gasteiger charge is -2.10. The Morgan fingerprint density at radius 1 is 1.38 bits per heavy atom. The number of aliphatic imine (C=N–C) groups is 1. The van der Waals surface area contributed by atoms with Gasteiger partial charge in [-0.15, -0.1) is 0 Å². The van der Waals surface area contributed by atoms with Crippen LogP contribution in [0, 0.1) is 0 Å². The zero-order valence-corrected chi connectivity index (χ0v) is 10.9. The normalized spacial score (nSPS) is 21.9. The highest BCUT2D eigenvalue weighted by molar-refractivity contribution is 8.17. The Kier molecular flexibility index (Phi) is 5.33. The maximum absolute atomic E-state index is 4.48. The van der Waals surface area contributed by atoms with E-state index in [0.717, 1.165) is 34.9 Å². The summed E-state index contributed by atoms with van der Waals surface area (Å²) in [6.45, 7) is 13.1. The van der Waals surface area contributed by atoms with Gasteiger partial charge in [0.2, 0.25) is 0 Å². The molecule has 1 aliphatic rings. The quantitative estimate of drug-likeness (QED) is 0.649. The van der Waals surface area contributed by atoms with Crippen LogP contribution in [0.3, 0.4) is 0 Å². The minimum absolute atomic E-state index is 0.895. The molecule has 0 spiro atoms. The Bertz CT molecular complexity index is 372. The molecule has 0 fully saturated rings. The average Bonchev–Trinajstić information content (AvgIpc) is 2.31. The molecule has 0 aromatic carbocycles. The predicted octanol–water partition coefficient (Wildman–Crippen LogP) is 4.50. The van der Waals surface area contributed by atoms with Crippen LogP contribution in [0.15, 0.2) is 52.4 Å². The Balaban J connectivity index is 2.90. The van der Waals surface area contributed by atoms with Crippen LogP contribution in [-0.2, 0) is 0 Å². The molecule has 0 saturated carbocycles. The summed E-state index contributed by atoms with van der Waals surface area (Å²) >= 11 is 1.63. The van der Waals surface area contributed by atoms with Crippen LogP contribution >= 0.6 is 11.8 Å². The summed E-state index contributed by atoms with van der Waals surface area (Å²) in [4.78, 5) is 5.49. The van der Waals surface area contributed by atoms with Gasteiger partial charge in [-0.3, -0.25) is 4.99 Å². The highest BCUT2D eigenvalue weighted by atomic mass is 32.2. The summed E-state index contributed by atoms with van der Waals surface area (Å²) in [5.41, 5.74) is 2.33. The molecule has 16 heavy (non-hydrogen) atoms. The first-order chi connectivity index (χ1) is 7.65. The Morgan fingerprint density at radius 2 is 2.12 bits per heavy atom. The maximum Gasteiger partial charge on any atom is 0.0692 e. The summed E-state index contributed by atoms with van der Waals surface area (Å²) in [6.07, 6.45) is 8.33. The number of rotatable bonds is 1. The van der Waals surface area contributed by atoms with Crippen LogP contribution < -0.4 is 0 Å². The number of allylic oxidation sites excluding steroid dienone is 5. The van der Waals surface area contributed by atoms with Gasteiger partial charge in [0.1, 0.15) is 0 Å². The van der Waals surface area contributed by atoms with Crippen molar-refractivity contribution in [3.8, 4) is 0 Å². The van der Waals surface area contributed by atoms with Crippen molar-refractivity contribution in [2.45, 2.75) is 26.7 Å². The van der Waals surface area contributed by atoms with E-state index >= 15 is 0 Å². The summed E-state index contributed by atoms with van der Waals surface area (Å²) in [5, 5.41) is 1.08. The van der Waals surface area contributed by atoms with Crippen molar-refractivity contribution < 1.29 is 0 Å².